The third-order valence-electron chi connectivity index (χ3n) is 2.14. The molecule has 0 spiro atoms. The zero-order chi connectivity index (χ0) is 11.9. The minimum atomic E-state index is -4.12. The van der Waals surface area contributed by atoms with Crippen LogP contribution in [0.25, 0.3) is 0 Å². The monoisotopic (exact) mass is 237 g/mol. The van der Waals surface area contributed by atoms with Crippen molar-refractivity contribution in [2.45, 2.75) is 24.9 Å². The van der Waals surface area contributed by atoms with Gasteiger partial charge in [-0.1, -0.05) is 0 Å². The van der Waals surface area contributed by atoms with Crippen molar-refractivity contribution < 1.29 is 27.6 Å². The number of alkyl halides is 3. The van der Waals surface area contributed by atoms with Gasteiger partial charge in [0.15, 0.2) is 11.5 Å². The van der Waals surface area contributed by atoms with Crippen LogP contribution in [0.5, 0.6) is 0 Å². The van der Waals surface area contributed by atoms with Gasteiger partial charge in [-0.15, -0.1) is 0 Å². The molecule has 2 aliphatic rings. The molecule has 1 aliphatic carbocycles. The molecule has 1 fully saturated rings. The predicted molar refractivity (Wildman–Crippen MR) is 43.6 cm³/mol. The summed E-state index contributed by atoms with van der Waals surface area (Å²) >= 11 is 0. The number of ether oxygens (including phenoxy) is 2. The third kappa shape index (κ3) is 1.70. The average molecular weight is 237 g/mol. The molecular weight excluding hydrogens is 231 g/mol. The van der Waals surface area contributed by atoms with Crippen molar-refractivity contribution in [2.24, 2.45) is 0 Å². The van der Waals surface area contributed by atoms with Crippen LogP contribution >= 0.6 is 0 Å². The number of nitro groups is 1. The first kappa shape index (κ1) is 10.8. The minimum Gasteiger partial charge on any atom is -0.448 e. The lowest BCUT2D eigenvalue weighted by atomic mass is 10.1. The second-order valence-electron chi connectivity index (χ2n) is 3.29. The maximum absolute atomic E-state index is 12.7. The predicted octanol–water partition coefficient (Wildman–Crippen LogP) is 1.74. The van der Waals surface area contributed by atoms with Crippen LogP contribution in [-0.4, -0.2) is 23.4 Å². The van der Waals surface area contributed by atoms with Gasteiger partial charge in [-0.3, -0.25) is 10.1 Å². The van der Waals surface area contributed by atoms with Gasteiger partial charge in [0.2, 0.25) is 6.04 Å². The van der Waals surface area contributed by atoms with E-state index in [2.05, 4.69) is 9.47 Å². The summed E-state index contributed by atoms with van der Waals surface area (Å²) in [5, 5.41) is 10.4. The maximum Gasteiger partial charge on any atom is 0.468 e. The van der Waals surface area contributed by atoms with Crippen molar-refractivity contribution in [1.82, 2.24) is 0 Å². The second kappa shape index (κ2) is 3.39. The van der Waals surface area contributed by atoms with E-state index in [1.807, 2.05) is 0 Å². The lowest BCUT2D eigenvalue weighted by molar-refractivity contribution is -0.509. The summed E-state index contributed by atoms with van der Waals surface area (Å²) in [6, 6.07) is -1.16. The third-order valence-corrected chi connectivity index (χ3v) is 2.14. The number of rotatable bonds is 1. The minimum absolute atomic E-state index is 0.0481. The second-order valence-corrected chi connectivity index (χ2v) is 3.29. The Morgan fingerprint density at radius 2 is 2.19 bits per heavy atom. The molecule has 88 valence electrons. The highest BCUT2D eigenvalue weighted by Gasteiger charge is 2.51. The first-order chi connectivity index (χ1) is 7.40. The van der Waals surface area contributed by atoms with Crippen LogP contribution in [0, 0.1) is 10.1 Å². The fourth-order valence-corrected chi connectivity index (χ4v) is 1.36. The standard InChI is InChI=1S/C8H6F3NO4/c9-7-8(10,11)16-6-3-4(12(13)14)1-2-5(6)15-7/h2-4,7H,1H2. The van der Waals surface area contributed by atoms with Gasteiger partial charge in [-0.25, -0.2) is 0 Å². The van der Waals surface area contributed by atoms with Crippen LogP contribution in [0.3, 0.4) is 0 Å². The number of hydrogen-bond donors (Lipinski definition) is 0. The Hall–Kier alpha value is -1.73. The van der Waals surface area contributed by atoms with Gasteiger partial charge >= 0.3 is 12.5 Å². The summed E-state index contributed by atoms with van der Waals surface area (Å²) in [5.74, 6) is -0.719. The van der Waals surface area contributed by atoms with Crippen LogP contribution in [0.2, 0.25) is 0 Å². The molecule has 0 aromatic carbocycles. The number of fused-ring (bicyclic) bond motifs is 1. The normalized spacial score (nSPS) is 31.4. The van der Waals surface area contributed by atoms with E-state index in [1.54, 1.807) is 0 Å². The van der Waals surface area contributed by atoms with Gasteiger partial charge in [0.25, 0.3) is 0 Å². The Kier molecular flexibility index (Phi) is 2.28. The summed E-state index contributed by atoms with van der Waals surface area (Å²) in [7, 11) is 0. The molecule has 0 bridgehead atoms. The highest BCUT2D eigenvalue weighted by molar-refractivity contribution is 5.28. The topological polar surface area (TPSA) is 61.6 Å². The van der Waals surface area contributed by atoms with E-state index in [1.165, 1.54) is 0 Å². The van der Waals surface area contributed by atoms with E-state index in [-0.39, 0.29) is 12.2 Å². The molecule has 0 saturated carbocycles. The van der Waals surface area contributed by atoms with Crippen molar-refractivity contribution in [3.63, 3.8) is 0 Å². The Morgan fingerprint density at radius 1 is 1.50 bits per heavy atom. The molecule has 0 N–H and O–H groups in total. The molecule has 0 aromatic rings. The average Bonchev–Trinajstić information content (AvgIpc) is 2.18. The summed E-state index contributed by atoms with van der Waals surface area (Å²) in [5.41, 5.74) is 0. The molecule has 1 saturated heterocycles. The molecule has 8 heteroatoms. The SMILES string of the molecule is O=[N+]([O-])C1C=C2OC(F)(F)C(F)OC2=CC1. The molecule has 2 atom stereocenters. The van der Waals surface area contributed by atoms with Gasteiger partial charge in [0.05, 0.1) is 0 Å². The Bertz CT molecular complexity index is 393. The van der Waals surface area contributed by atoms with Crippen LogP contribution in [0.1, 0.15) is 6.42 Å². The molecular formula is C8H6F3NO4. The first-order valence-corrected chi connectivity index (χ1v) is 4.33. The molecule has 16 heavy (non-hydrogen) atoms. The van der Waals surface area contributed by atoms with E-state index < -0.39 is 29.2 Å². The van der Waals surface area contributed by atoms with Crippen LogP contribution in [0.15, 0.2) is 23.7 Å². The molecule has 1 aliphatic heterocycles. The fraction of sp³-hybridized carbons (Fsp3) is 0.500. The van der Waals surface area contributed by atoms with E-state index in [9.17, 15) is 23.3 Å². The number of halogens is 3. The highest BCUT2D eigenvalue weighted by Crippen LogP contribution is 2.38. The van der Waals surface area contributed by atoms with Gasteiger partial charge in [0.1, 0.15) is 0 Å². The van der Waals surface area contributed by atoms with E-state index in [0.29, 0.717) is 0 Å². The Balaban J connectivity index is 2.25. The summed E-state index contributed by atoms with van der Waals surface area (Å²) in [6.45, 7) is 0. The van der Waals surface area contributed by atoms with Crippen molar-refractivity contribution in [2.75, 3.05) is 0 Å². The van der Waals surface area contributed by atoms with Crippen molar-refractivity contribution in [1.29, 1.82) is 0 Å². The van der Waals surface area contributed by atoms with Crippen molar-refractivity contribution >= 4 is 0 Å². The fourth-order valence-electron chi connectivity index (χ4n) is 1.36. The molecule has 2 rings (SSSR count). The number of hydrogen-bond acceptors (Lipinski definition) is 4. The summed E-state index contributed by atoms with van der Waals surface area (Å²) in [6.07, 6.45) is -5.03. The summed E-state index contributed by atoms with van der Waals surface area (Å²) < 4.78 is 46.5. The first-order valence-electron chi connectivity index (χ1n) is 4.33. The molecule has 0 amide bonds. The molecule has 0 aromatic heterocycles. The van der Waals surface area contributed by atoms with Gasteiger partial charge < -0.3 is 9.47 Å². The lowest BCUT2D eigenvalue weighted by Crippen LogP contribution is -2.41. The zero-order valence-electron chi connectivity index (χ0n) is 7.73. The largest absolute Gasteiger partial charge is 0.468 e. The molecule has 2 unspecified atom stereocenters. The van der Waals surface area contributed by atoms with Crippen molar-refractivity contribution in [3.05, 3.63) is 33.8 Å². The maximum atomic E-state index is 12.7. The van der Waals surface area contributed by atoms with E-state index in [0.717, 1.165) is 12.2 Å². The molecule has 1 heterocycles. The quantitative estimate of drug-likeness (QED) is 0.514. The molecule has 0 radical (unpaired) electrons. The van der Waals surface area contributed by atoms with Gasteiger partial charge in [0, 0.05) is 17.4 Å². The Morgan fingerprint density at radius 3 is 2.81 bits per heavy atom. The van der Waals surface area contributed by atoms with E-state index in [4.69, 9.17) is 0 Å². The van der Waals surface area contributed by atoms with Gasteiger partial charge in [-0.05, 0) is 6.08 Å². The van der Waals surface area contributed by atoms with Crippen LogP contribution in [-0.2, 0) is 9.47 Å². The highest BCUT2D eigenvalue weighted by atomic mass is 19.3. The van der Waals surface area contributed by atoms with E-state index >= 15 is 0 Å². The van der Waals surface area contributed by atoms with Crippen LogP contribution < -0.4 is 0 Å². The van der Waals surface area contributed by atoms with Crippen LogP contribution in [0.4, 0.5) is 13.2 Å². The molecule has 5 nitrogen and oxygen atoms in total. The van der Waals surface area contributed by atoms with Gasteiger partial charge in [-0.2, -0.15) is 13.2 Å². The Labute approximate surface area is 87.3 Å². The lowest BCUT2D eigenvalue weighted by Gasteiger charge is -2.31. The smallest absolute Gasteiger partial charge is 0.448 e. The van der Waals surface area contributed by atoms with Crippen molar-refractivity contribution in [3.8, 4) is 0 Å². The number of nitrogens with zero attached hydrogens (tertiary/aromatic N) is 1. The summed E-state index contributed by atoms with van der Waals surface area (Å²) in [4.78, 5) is 9.78. The zero-order valence-corrected chi connectivity index (χ0v) is 7.73.